The average molecular weight is 212 g/mol. The highest BCUT2D eigenvalue weighted by molar-refractivity contribution is 7.92. The van der Waals surface area contributed by atoms with Crippen LogP contribution in [0.25, 0.3) is 0 Å². The first-order valence-corrected chi connectivity index (χ1v) is 6.35. The Balaban J connectivity index is 3.09. The van der Waals surface area contributed by atoms with Crippen LogP contribution in [0.5, 0.6) is 0 Å². The van der Waals surface area contributed by atoms with Gasteiger partial charge in [-0.15, -0.1) is 0 Å². The predicted octanol–water partition coefficient (Wildman–Crippen LogP) is 1.26. The SMILES string of the molecule is Cc1cncc(C(=O)N=S(C)(C)=O)c1. The molecule has 5 heteroatoms. The summed E-state index contributed by atoms with van der Waals surface area (Å²) in [6, 6.07) is 1.67. The second kappa shape index (κ2) is 3.88. The molecular formula is C9H12N2O2S. The average Bonchev–Trinajstić information content (AvgIpc) is 2.01. The molecule has 14 heavy (non-hydrogen) atoms. The minimum Gasteiger partial charge on any atom is -0.266 e. The van der Waals surface area contributed by atoms with Crippen LogP contribution in [0, 0.1) is 6.92 Å². The van der Waals surface area contributed by atoms with Gasteiger partial charge in [0.05, 0.1) is 5.56 Å². The van der Waals surface area contributed by atoms with E-state index in [-0.39, 0.29) is 0 Å². The highest BCUT2D eigenvalue weighted by atomic mass is 32.2. The van der Waals surface area contributed by atoms with E-state index in [1.165, 1.54) is 18.7 Å². The number of hydrogen-bond donors (Lipinski definition) is 0. The molecule has 4 nitrogen and oxygen atoms in total. The van der Waals surface area contributed by atoms with Crippen LogP contribution in [0.3, 0.4) is 0 Å². The zero-order valence-electron chi connectivity index (χ0n) is 8.35. The van der Waals surface area contributed by atoms with Crippen molar-refractivity contribution in [2.24, 2.45) is 4.36 Å². The Morgan fingerprint density at radius 2 is 2.07 bits per heavy atom. The number of carbonyl (C=O) groups is 1. The Morgan fingerprint density at radius 1 is 1.43 bits per heavy atom. The molecule has 1 aromatic heterocycles. The van der Waals surface area contributed by atoms with E-state index in [9.17, 15) is 9.00 Å². The van der Waals surface area contributed by atoms with E-state index in [0.29, 0.717) is 5.56 Å². The molecule has 0 atom stereocenters. The van der Waals surface area contributed by atoms with Crippen LogP contribution in [-0.2, 0) is 9.73 Å². The second-order valence-electron chi connectivity index (χ2n) is 3.33. The smallest absolute Gasteiger partial charge is 0.266 e. The highest BCUT2D eigenvalue weighted by Gasteiger charge is 2.05. The third-order valence-electron chi connectivity index (χ3n) is 1.42. The Labute approximate surface area is 83.6 Å². The number of nitrogens with zero attached hydrogens (tertiary/aromatic N) is 2. The van der Waals surface area contributed by atoms with E-state index in [4.69, 9.17) is 0 Å². The van der Waals surface area contributed by atoms with Crippen LogP contribution < -0.4 is 0 Å². The summed E-state index contributed by atoms with van der Waals surface area (Å²) in [6.45, 7) is 1.83. The molecule has 0 saturated carbocycles. The van der Waals surface area contributed by atoms with Gasteiger partial charge in [-0.3, -0.25) is 9.78 Å². The molecule has 1 amide bonds. The normalized spacial score (nSPS) is 11.1. The van der Waals surface area contributed by atoms with E-state index in [1.807, 2.05) is 6.92 Å². The minimum atomic E-state index is -2.39. The molecule has 0 saturated heterocycles. The standard InChI is InChI=1S/C9H12N2O2S/c1-7-4-8(6-10-5-7)9(12)11-14(2,3)13/h4-6H,1-3H3. The lowest BCUT2D eigenvalue weighted by Crippen LogP contribution is -2.01. The van der Waals surface area contributed by atoms with E-state index in [1.54, 1.807) is 12.3 Å². The number of rotatable bonds is 1. The van der Waals surface area contributed by atoms with Gasteiger partial charge >= 0.3 is 0 Å². The van der Waals surface area contributed by atoms with Gasteiger partial charge in [-0.05, 0) is 18.6 Å². The number of amides is 1. The molecule has 0 radical (unpaired) electrons. The van der Waals surface area contributed by atoms with Crippen LogP contribution >= 0.6 is 0 Å². The lowest BCUT2D eigenvalue weighted by atomic mass is 10.2. The summed E-state index contributed by atoms with van der Waals surface area (Å²) in [5.41, 5.74) is 1.26. The summed E-state index contributed by atoms with van der Waals surface area (Å²) < 4.78 is 14.8. The molecular weight excluding hydrogens is 200 g/mol. The van der Waals surface area contributed by atoms with E-state index >= 15 is 0 Å². The predicted molar refractivity (Wildman–Crippen MR) is 55.7 cm³/mol. The first-order chi connectivity index (χ1) is 6.38. The van der Waals surface area contributed by atoms with Gasteiger partial charge in [0.25, 0.3) is 5.91 Å². The Morgan fingerprint density at radius 3 is 2.57 bits per heavy atom. The van der Waals surface area contributed by atoms with Crippen molar-refractivity contribution in [1.82, 2.24) is 4.98 Å². The Hall–Kier alpha value is -1.23. The Bertz CT molecular complexity index is 465. The maximum Gasteiger partial charge on any atom is 0.286 e. The summed E-state index contributed by atoms with van der Waals surface area (Å²) >= 11 is 0. The molecule has 0 unspecified atom stereocenters. The van der Waals surface area contributed by atoms with Crippen molar-refractivity contribution in [3.63, 3.8) is 0 Å². The van der Waals surface area contributed by atoms with Crippen molar-refractivity contribution in [1.29, 1.82) is 0 Å². The molecule has 0 fully saturated rings. The molecule has 0 N–H and O–H groups in total. The van der Waals surface area contributed by atoms with Crippen molar-refractivity contribution >= 4 is 15.6 Å². The molecule has 0 bridgehead atoms. The summed E-state index contributed by atoms with van der Waals surface area (Å²) in [7, 11) is -2.39. The molecule has 1 aromatic rings. The largest absolute Gasteiger partial charge is 0.286 e. The fourth-order valence-corrected chi connectivity index (χ4v) is 1.43. The molecule has 0 aliphatic rings. The third-order valence-corrected chi connectivity index (χ3v) is 2.03. The fraction of sp³-hybridized carbons (Fsp3) is 0.333. The lowest BCUT2D eigenvalue weighted by molar-refractivity contribution is 0.100. The molecule has 0 aliphatic heterocycles. The molecule has 0 spiro atoms. The van der Waals surface area contributed by atoms with Gasteiger partial charge in [-0.25, -0.2) is 4.21 Å². The van der Waals surface area contributed by atoms with Crippen molar-refractivity contribution in [3.05, 3.63) is 29.6 Å². The van der Waals surface area contributed by atoms with Gasteiger partial charge in [-0.2, -0.15) is 4.36 Å². The number of hydrogen-bond acceptors (Lipinski definition) is 3. The van der Waals surface area contributed by atoms with Crippen molar-refractivity contribution < 1.29 is 9.00 Å². The second-order valence-corrected chi connectivity index (χ2v) is 5.87. The first kappa shape index (κ1) is 10.8. The molecule has 76 valence electrons. The van der Waals surface area contributed by atoms with Crippen molar-refractivity contribution in [2.45, 2.75) is 6.92 Å². The van der Waals surface area contributed by atoms with Crippen LogP contribution in [0.15, 0.2) is 22.8 Å². The summed E-state index contributed by atoms with van der Waals surface area (Å²) in [5.74, 6) is -0.476. The van der Waals surface area contributed by atoms with Crippen LogP contribution in [0.2, 0.25) is 0 Å². The van der Waals surface area contributed by atoms with Crippen LogP contribution in [0.4, 0.5) is 0 Å². The molecule has 0 aromatic carbocycles. The van der Waals surface area contributed by atoms with E-state index < -0.39 is 15.6 Å². The zero-order valence-corrected chi connectivity index (χ0v) is 9.17. The minimum absolute atomic E-state index is 0.376. The number of carbonyl (C=O) groups excluding carboxylic acids is 1. The Kier molecular flexibility index (Phi) is 3.00. The summed E-state index contributed by atoms with van der Waals surface area (Å²) in [4.78, 5) is 15.3. The van der Waals surface area contributed by atoms with Gasteiger partial charge in [0.1, 0.15) is 0 Å². The summed E-state index contributed by atoms with van der Waals surface area (Å²) in [5, 5.41) is 0. The molecule has 1 heterocycles. The third kappa shape index (κ3) is 3.26. The zero-order chi connectivity index (χ0) is 10.8. The number of aromatic nitrogens is 1. The monoisotopic (exact) mass is 212 g/mol. The van der Waals surface area contributed by atoms with E-state index in [2.05, 4.69) is 9.35 Å². The fourth-order valence-electron chi connectivity index (χ4n) is 0.924. The van der Waals surface area contributed by atoms with Crippen molar-refractivity contribution in [3.8, 4) is 0 Å². The maximum absolute atomic E-state index is 11.4. The molecule has 0 aliphatic carbocycles. The number of pyridine rings is 1. The highest BCUT2D eigenvalue weighted by Crippen LogP contribution is 2.04. The van der Waals surface area contributed by atoms with Gasteiger partial charge in [0.2, 0.25) is 0 Å². The van der Waals surface area contributed by atoms with Crippen molar-refractivity contribution in [2.75, 3.05) is 12.5 Å². The molecule has 1 rings (SSSR count). The first-order valence-electron chi connectivity index (χ1n) is 4.01. The van der Waals surface area contributed by atoms with Gasteiger partial charge in [-0.1, -0.05) is 0 Å². The lowest BCUT2D eigenvalue weighted by Gasteiger charge is -1.97. The summed E-state index contributed by atoms with van der Waals surface area (Å²) in [6.07, 6.45) is 5.91. The quantitative estimate of drug-likeness (QED) is 0.704. The van der Waals surface area contributed by atoms with Crippen LogP contribution in [-0.4, -0.2) is 27.6 Å². The van der Waals surface area contributed by atoms with Crippen LogP contribution in [0.1, 0.15) is 15.9 Å². The maximum atomic E-state index is 11.4. The number of aryl methyl sites for hydroxylation is 1. The van der Waals surface area contributed by atoms with Gasteiger partial charge in [0.15, 0.2) is 0 Å². The van der Waals surface area contributed by atoms with Gasteiger partial charge in [0, 0.05) is 34.6 Å². The van der Waals surface area contributed by atoms with E-state index in [0.717, 1.165) is 5.56 Å². The van der Waals surface area contributed by atoms with Gasteiger partial charge < -0.3 is 0 Å². The topological polar surface area (TPSA) is 59.4 Å².